The number of benzene rings is 1. The van der Waals surface area contributed by atoms with Crippen LogP contribution >= 0.6 is 15.9 Å². The van der Waals surface area contributed by atoms with Gasteiger partial charge in [-0.15, -0.1) is 0 Å². The van der Waals surface area contributed by atoms with Crippen LogP contribution in [0, 0.1) is 6.92 Å². The number of aromatic hydroxyl groups is 1. The molecule has 1 aromatic rings. The lowest BCUT2D eigenvalue weighted by molar-refractivity contribution is 0.474. The fourth-order valence-corrected chi connectivity index (χ4v) is 2.63. The third kappa shape index (κ3) is 1.73. The smallest absolute Gasteiger partial charge is 0.140 e. The zero-order chi connectivity index (χ0) is 10.1. The van der Waals surface area contributed by atoms with Crippen molar-refractivity contribution in [1.29, 1.82) is 0 Å². The number of phenols is 1. The van der Waals surface area contributed by atoms with Gasteiger partial charge in [-0.05, 0) is 37.5 Å². The summed E-state index contributed by atoms with van der Waals surface area (Å²) in [5.74, 6) is 0.388. The van der Waals surface area contributed by atoms with Gasteiger partial charge in [0.25, 0.3) is 0 Å². The molecule has 76 valence electrons. The highest BCUT2D eigenvalue weighted by Crippen LogP contribution is 2.35. The molecule has 2 nitrogen and oxygen atoms in total. The summed E-state index contributed by atoms with van der Waals surface area (Å²) >= 11 is 3.38. The van der Waals surface area contributed by atoms with E-state index in [-0.39, 0.29) is 0 Å². The van der Waals surface area contributed by atoms with E-state index in [1.807, 2.05) is 13.0 Å². The van der Waals surface area contributed by atoms with Crippen molar-refractivity contribution in [2.45, 2.75) is 19.8 Å². The Balaban J connectivity index is 2.40. The van der Waals surface area contributed by atoms with E-state index in [0.29, 0.717) is 5.75 Å². The van der Waals surface area contributed by atoms with E-state index in [0.717, 1.165) is 28.8 Å². The van der Waals surface area contributed by atoms with Gasteiger partial charge in [0.05, 0.1) is 5.69 Å². The molecule has 0 unspecified atom stereocenters. The van der Waals surface area contributed by atoms with Crippen molar-refractivity contribution in [3.63, 3.8) is 0 Å². The molecule has 0 spiro atoms. The van der Waals surface area contributed by atoms with Gasteiger partial charge in [-0.1, -0.05) is 15.9 Å². The van der Waals surface area contributed by atoms with E-state index in [1.54, 1.807) is 6.07 Å². The molecule has 3 heteroatoms. The predicted octanol–water partition coefficient (Wildman–Crippen LogP) is 3.06. The van der Waals surface area contributed by atoms with Crippen LogP contribution in [0.25, 0.3) is 0 Å². The number of phenolic OH excluding ortho intramolecular Hbond substituents is 1. The first-order valence-corrected chi connectivity index (χ1v) is 5.72. The van der Waals surface area contributed by atoms with Gasteiger partial charge in [0.1, 0.15) is 5.75 Å². The van der Waals surface area contributed by atoms with Crippen LogP contribution in [0.3, 0.4) is 0 Å². The minimum Gasteiger partial charge on any atom is -0.506 e. The minimum atomic E-state index is 0.388. The summed E-state index contributed by atoms with van der Waals surface area (Å²) in [5, 5.41) is 9.86. The number of rotatable bonds is 1. The molecule has 1 aliphatic rings. The monoisotopic (exact) mass is 255 g/mol. The maximum Gasteiger partial charge on any atom is 0.140 e. The third-order valence-corrected chi connectivity index (χ3v) is 3.13. The zero-order valence-electron chi connectivity index (χ0n) is 8.26. The number of hydrogen-bond acceptors (Lipinski definition) is 2. The Morgan fingerprint density at radius 1 is 1.29 bits per heavy atom. The molecule has 0 aliphatic carbocycles. The molecule has 1 aromatic carbocycles. The molecule has 0 saturated carbocycles. The first-order valence-electron chi connectivity index (χ1n) is 4.92. The van der Waals surface area contributed by atoms with Crippen molar-refractivity contribution >= 4 is 21.6 Å². The fraction of sp³-hybridized carbons (Fsp3) is 0.455. The summed E-state index contributed by atoms with van der Waals surface area (Å²) in [6.07, 6.45) is 2.46. The Kier molecular flexibility index (Phi) is 2.68. The second-order valence-electron chi connectivity index (χ2n) is 3.78. The van der Waals surface area contributed by atoms with E-state index in [4.69, 9.17) is 0 Å². The Labute approximate surface area is 92.7 Å². The van der Waals surface area contributed by atoms with Gasteiger partial charge >= 0.3 is 0 Å². The number of aryl methyl sites for hydroxylation is 1. The van der Waals surface area contributed by atoms with E-state index >= 15 is 0 Å². The molecule has 0 aromatic heterocycles. The van der Waals surface area contributed by atoms with Crippen LogP contribution in [0.4, 0.5) is 5.69 Å². The number of nitrogens with zero attached hydrogens (tertiary/aromatic N) is 1. The highest BCUT2D eigenvalue weighted by Gasteiger charge is 2.17. The predicted molar refractivity (Wildman–Crippen MR) is 62.0 cm³/mol. The molecule has 1 heterocycles. The maximum atomic E-state index is 9.86. The number of hydrogen-bond donors (Lipinski definition) is 1. The molecule has 0 radical (unpaired) electrons. The second kappa shape index (κ2) is 3.81. The van der Waals surface area contributed by atoms with Gasteiger partial charge in [0.2, 0.25) is 0 Å². The van der Waals surface area contributed by atoms with Crippen LogP contribution in [-0.2, 0) is 0 Å². The quantitative estimate of drug-likeness (QED) is 0.834. The lowest BCUT2D eigenvalue weighted by Gasteiger charge is -2.21. The average Bonchev–Trinajstić information content (AvgIpc) is 2.54. The normalized spacial score (nSPS) is 16.3. The van der Waals surface area contributed by atoms with Gasteiger partial charge in [-0.2, -0.15) is 0 Å². The van der Waals surface area contributed by atoms with Crippen LogP contribution in [0.1, 0.15) is 18.4 Å². The zero-order valence-corrected chi connectivity index (χ0v) is 9.84. The van der Waals surface area contributed by atoms with Crippen LogP contribution in [0.15, 0.2) is 16.6 Å². The maximum absolute atomic E-state index is 9.86. The third-order valence-electron chi connectivity index (χ3n) is 2.67. The Morgan fingerprint density at radius 2 is 1.93 bits per heavy atom. The van der Waals surface area contributed by atoms with E-state index < -0.39 is 0 Å². The van der Waals surface area contributed by atoms with Crippen LogP contribution in [0.5, 0.6) is 5.75 Å². The molecule has 0 amide bonds. The molecular formula is C11H14BrNO. The molecule has 0 bridgehead atoms. The van der Waals surface area contributed by atoms with E-state index in [9.17, 15) is 5.11 Å². The Hall–Kier alpha value is -0.700. The summed E-state index contributed by atoms with van der Waals surface area (Å²) < 4.78 is 0.940. The van der Waals surface area contributed by atoms with E-state index in [2.05, 4.69) is 20.8 Å². The van der Waals surface area contributed by atoms with Gasteiger partial charge in [-0.25, -0.2) is 0 Å². The van der Waals surface area contributed by atoms with Crippen LogP contribution < -0.4 is 4.90 Å². The minimum absolute atomic E-state index is 0.388. The van der Waals surface area contributed by atoms with Gasteiger partial charge in [-0.3, -0.25) is 0 Å². The number of halogens is 1. The van der Waals surface area contributed by atoms with Crippen molar-refractivity contribution in [2.24, 2.45) is 0 Å². The van der Waals surface area contributed by atoms with Crippen molar-refractivity contribution in [3.8, 4) is 5.75 Å². The lowest BCUT2D eigenvalue weighted by Crippen LogP contribution is -2.18. The van der Waals surface area contributed by atoms with Crippen molar-refractivity contribution in [3.05, 3.63) is 22.2 Å². The summed E-state index contributed by atoms with van der Waals surface area (Å²) in [7, 11) is 0. The molecule has 1 N–H and O–H groups in total. The first-order chi connectivity index (χ1) is 6.68. The van der Waals surface area contributed by atoms with Crippen LogP contribution in [0.2, 0.25) is 0 Å². The SMILES string of the molecule is Cc1cc(Br)cc(O)c1N1CCCC1. The first kappa shape index (κ1) is 9.84. The molecule has 14 heavy (non-hydrogen) atoms. The molecule has 2 rings (SSSR count). The molecule has 1 saturated heterocycles. The summed E-state index contributed by atoms with van der Waals surface area (Å²) in [5.41, 5.74) is 2.14. The molecule has 1 aliphatic heterocycles. The molecular weight excluding hydrogens is 242 g/mol. The van der Waals surface area contributed by atoms with Crippen LogP contribution in [-0.4, -0.2) is 18.2 Å². The van der Waals surface area contributed by atoms with Crippen molar-refractivity contribution in [2.75, 3.05) is 18.0 Å². The summed E-state index contributed by atoms with van der Waals surface area (Å²) in [4.78, 5) is 2.26. The lowest BCUT2D eigenvalue weighted by atomic mass is 10.1. The van der Waals surface area contributed by atoms with Crippen molar-refractivity contribution in [1.82, 2.24) is 0 Å². The largest absolute Gasteiger partial charge is 0.506 e. The molecule has 0 atom stereocenters. The fourth-order valence-electron chi connectivity index (χ4n) is 2.07. The second-order valence-corrected chi connectivity index (χ2v) is 4.70. The highest BCUT2D eigenvalue weighted by atomic mass is 79.9. The number of anilines is 1. The molecule has 1 fully saturated rings. The summed E-state index contributed by atoms with van der Waals surface area (Å²) in [6.45, 7) is 4.17. The van der Waals surface area contributed by atoms with Gasteiger partial charge in [0.15, 0.2) is 0 Å². The average molecular weight is 256 g/mol. The summed E-state index contributed by atoms with van der Waals surface area (Å²) in [6, 6.07) is 3.81. The van der Waals surface area contributed by atoms with Gasteiger partial charge < -0.3 is 10.0 Å². The standard InChI is InChI=1S/C11H14BrNO/c1-8-6-9(12)7-10(14)11(8)13-4-2-3-5-13/h6-7,14H,2-5H2,1H3. The Bertz CT molecular complexity index is 322. The topological polar surface area (TPSA) is 23.5 Å². The highest BCUT2D eigenvalue weighted by molar-refractivity contribution is 9.10. The Morgan fingerprint density at radius 3 is 2.50 bits per heavy atom. The van der Waals surface area contributed by atoms with E-state index in [1.165, 1.54) is 12.8 Å². The van der Waals surface area contributed by atoms with Gasteiger partial charge in [0, 0.05) is 17.6 Å². The van der Waals surface area contributed by atoms with Crippen molar-refractivity contribution < 1.29 is 5.11 Å².